The fraction of sp³-hybridized carbons (Fsp3) is 0.270. The Morgan fingerprint density at radius 3 is 2.19 bits per heavy atom. The molecule has 0 radical (unpaired) electrons. The van der Waals surface area contributed by atoms with Crippen LogP contribution in [0.4, 0.5) is 16.6 Å². The first-order valence-corrected chi connectivity index (χ1v) is 15.5. The lowest BCUT2D eigenvalue weighted by Crippen LogP contribution is -2.42. The summed E-state index contributed by atoms with van der Waals surface area (Å²) in [4.78, 5) is 41.5. The molecule has 0 saturated heterocycles. The fourth-order valence-electron chi connectivity index (χ4n) is 4.56. The quantitative estimate of drug-likeness (QED) is 0.150. The second kappa shape index (κ2) is 14.5. The molecular formula is C37H39N5O6. The number of carbonyl (C=O) groups excluding carboxylic acids is 2. The zero-order chi connectivity index (χ0) is 34.3. The SMILES string of the molecule is CC(C)(C)OC(=O)N(OC(C)(C)C)c1nccc(-c2c(-c3cccc(OCc4ccccc4)c3)noc2NC(=O)Cc2ccccc2)n1. The maximum Gasteiger partial charge on any atom is 0.442 e. The van der Waals surface area contributed by atoms with E-state index in [-0.39, 0.29) is 24.2 Å². The van der Waals surface area contributed by atoms with E-state index >= 15 is 0 Å². The van der Waals surface area contributed by atoms with E-state index in [2.05, 4.69) is 15.5 Å². The van der Waals surface area contributed by atoms with Crippen LogP contribution in [0.2, 0.25) is 0 Å². The van der Waals surface area contributed by atoms with E-state index in [1.807, 2.05) is 84.9 Å². The summed E-state index contributed by atoms with van der Waals surface area (Å²) in [5.41, 5.74) is 1.98. The van der Waals surface area contributed by atoms with Crippen LogP contribution in [-0.2, 0) is 27.4 Å². The summed E-state index contributed by atoms with van der Waals surface area (Å²) in [6, 6.07) is 28.2. The molecule has 48 heavy (non-hydrogen) atoms. The highest BCUT2D eigenvalue weighted by Gasteiger charge is 2.32. The molecule has 0 aliphatic rings. The Kier molecular flexibility index (Phi) is 10.2. The van der Waals surface area contributed by atoms with Gasteiger partial charge in [-0.2, -0.15) is 0 Å². The summed E-state index contributed by atoms with van der Waals surface area (Å²) < 4.78 is 17.4. The van der Waals surface area contributed by atoms with Gasteiger partial charge in [0.25, 0.3) is 5.95 Å². The predicted octanol–water partition coefficient (Wildman–Crippen LogP) is 8.03. The minimum atomic E-state index is -0.806. The van der Waals surface area contributed by atoms with Crippen LogP contribution in [0.25, 0.3) is 22.5 Å². The molecule has 0 aliphatic heterocycles. The topological polar surface area (TPSA) is 129 Å². The Hall–Kier alpha value is -5.55. The van der Waals surface area contributed by atoms with Crippen molar-refractivity contribution in [2.24, 2.45) is 0 Å². The molecule has 2 aromatic heterocycles. The summed E-state index contributed by atoms with van der Waals surface area (Å²) in [6.07, 6.45) is 0.798. The molecule has 248 valence electrons. The number of hydrogen-bond donors (Lipinski definition) is 1. The van der Waals surface area contributed by atoms with Crippen molar-refractivity contribution in [2.75, 3.05) is 10.4 Å². The van der Waals surface area contributed by atoms with Gasteiger partial charge in [0, 0.05) is 11.8 Å². The van der Waals surface area contributed by atoms with Gasteiger partial charge < -0.3 is 14.0 Å². The van der Waals surface area contributed by atoms with Gasteiger partial charge in [-0.25, -0.2) is 14.8 Å². The zero-order valence-corrected chi connectivity index (χ0v) is 27.9. The van der Waals surface area contributed by atoms with Gasteiger partial charge in [0.15, 0.2) is 0 Å². The second-order valence-electron chi connectivity index (χ2n) is 13.0. The van der Waals surface area contributed by atoms with Crippen molar-refractivity contribution in [3.8, 4) is 28.3 Å². The maximum absolute atomic E-state index is 13.3. The lowest BCUT2D eigenvalue weighted by Gasteiger charge is -2.30. The summed E-state index contributed by atoms with van der Waals surface area (Å²) >= 11 is 0. The first-order valence-electron chi connectivity index (χ1n) is 15.5. The molecule has 0 spiro atoms. The highest BCUT2D eigenvalue weighted by molar-refractivity contribution is 5.97. The third-order valence-electron chi connectivity index (χ3n) is 6.51. The summed E-state index contributed by atoms with van der Waals surface area (Å²) in [5, 5.41) is 8.14. The first-order chi connectivity index (χ1) is 22.8. The summed E-state index contributed by atoms with van der Waals surface area (Å²) in [5.74, 6) is 0.293. The number of hydrogen-bond acceptors (Lipinski definition) is 9. The van der Waals surface area contributed by atoms with E-state index in [4.69, 9.17) is 23.8 Å². The number of ether oxygens (including phenoxy) is 2. The van der Waals surface area contributed by atoms with Crippen LogP contribution in [-0.4, -0.2) is 38.3 Å². The molecule has 5 rings (SSSR count). The second-order valence-corrected chi connectivity index (χ2v) is 13.0. The number of benzene rings is 3. The molecule has 2 heterocycles. The smallest absolute Gasteiger partial charge is 0.442 e. The third-order valence-corrected chi connectivity index (χ3v) is 6.51. The highest BCUT2D eigenvalue weighted by Crippen LogP contribution is 2.38. The Morgan fingerprint density at radius 2 is 1.52 bits per heavy atom. The molecule has 1 N–H and O–H groups in total. The molecular weight excluding hydrogens is 610 g/mol. The average molecular weight is 650 g/mol. The predicted molar refractivity (Wildman–Crippen MR) is 182 cm³/mol. The summed E-state index contributed by atoms with van der Waals surface area (Å²) in [6.45, 7) is 11.0. The summed E-state index contributed by atoms with van der Waals surface area (Å²) in [7, 11) is 0. The normalized spacial score (nSPS) is 11.5. The van der Waals surface area contributed by atoms with Crippen molar-refractivity contribution in [3.05, 3.63) is 108 Å². The largest absolute Gasteiger partial charge is 0.489 e. The van der Waals surface area contributed by atoms with Crippen LogP contribution in [0.15, 0.2) is 102 Å². The van der Waals surface area contributed by atoms with Gasteiger partial charge >= 0.3 is 6.09 Å². The highest BCUT2D eigenvalue weighted by atomic mass is 16.7. The van der Waals surface area contributed by atoms with Crippen LogP contribution >= 0.6 is 0 Å². The van der Waals surface area contributed by atoms with Crippen LogP contribution in [0.5, 0.6) is 5.75 Å². The molecule has 3 aromatic carbocycles. The number of nitrogens with zero attached hydrogens (tertiary/aromatic N) is 4. The van der Waals surface area contributed by atoms with Gasteiger partial charge in [0.1, 0.15) is 23.7 Å². The van der Waals surface area contributed by atoms with Gasteiger partial charge in [0.2, 0.25) is 11.8 Å². The molecule has 0 unspecified atom stereocenters. The van der Waals surface area contributed by atoms with Gasteiger partial charge in [-0.3, -0.25) is 14.9 Å². The van der Waals surface area contributed by atoms with Crippen LogP contribution in [0, 0.1) is 0 Å². The van der Waals surface area contributed by atoms with Crippen molar-refractivity contribution < 1.29 is 28.4 Å². The van der Waals surface area contributed by atoms with E-state index in [0.29, 0.717) is 34.9 Å². The Morgan fingerprint density at radius 1 is 0.833 bits per heavy atom. The third kappa shape index (κ3) is 9.26. The van der Waals surface area contributed by atoms with E-state index in [0.717, 1.165) is 16.2 Å². The van der Waals surface area contributed by atoms with Crippen molar-refractivity contribution in [2.45, 2.75) is 65.8 Å². The van der Waals surface area contributed by atoms with E-state index < -0.39 is 17.3 Å². The minimum Gasteiger partial charge on any atom is -0.489 e. The lowest BCUT2D eigenvalue weighted by atomic mass is 10.0. The molecule has 11 heteroatoms. The lowest BCUT2D eigenvalue weighted by molar-refractivity contribution is -0.115. The Balaban J connectivity index is 1.54. The van der Waals surface area contributed by atoms with Crippen molar-refractivity contribution in [3.63, 3.8) is 0 Å². The number of rotatable bonds is 10. The number of anilines is 2. The van der Waals surface area contributed by atoms with Crippen LogP contribution < -0.4 is 15.1 Å². The molecule has 0 bridgehead atoms. The van der Waals surface area contributed by atoms with Crippen molar-refractivity contribution >= 4 is 23.8 Å². The molecule has 2 amide bonds. The van der Waals surface area contributed by atoms with Crippen molar-refractivity contribution in [1.29, 1.82) is 0 Å². The van der Waals surface area contributed by atoms with E-state index in [1.165, 1.54) is 6.20 Å². The van der Waals surface area contributed by atoms with E-state index in [1.54, 1.807) is 47.6 Å². The fourth-order valence-corrected chi connectivity index (χ4v) is 4.56. The number of hydroxylamine groups is 1. The molecule has 0 aliphatic carbocycles. The standard InChI is InChI=1S/C37H39N5O6/c1-36(2,3)46-35(44)42(48-37(4,5)6)34-38-21-20-29(39-34)31-32(41-47-33(31)40-30(43)22-25-14-9-7-10-15-25)27-18-13-19-28(23-27)45-24-26-16-11-8-12-17-26/h7-21,23H,22,24H2,1-6H3,(H,40,43). The Labute approximate surface area is 279 Å². The van der Waals surface area contributed by atoms with E-state index in [9.17, 15) is 9.59 Å². The maximum atomic E-state index is 13.3. The van der Waals surface area contributed by atoms with Gasteiger partial charge in [-0.1, -0.05) is 78.0 Å². The number of nitrogens with one attached hydrogen (secondary N) is 1. The van der Waals surface area contributed by atoms with Crippen LogP contribution in [0.3, 0.4) is 0 Å². The molecule has 0 atom stereocenters. The number of aromatic nitrogens is 3. The number of carbonyl (C=O) groups is 2. The first kappa shape index (κ1) is 33.8. The molecule has 11 nitrogen and oxygen atoms in total. The van der Waals surface area contributed by atoms with Crippen molar-refractivity contribution in [1.82, 2.24) is 15.1 Å². The molecule has 0 saturated carbocycles. The zero-order valence-electron chi connectivity index (χ0n) is 27.9. The number of amides is 2. The van der Waals surface area contributed by atoms with Gasteiger partial charge in [0.05, 0.1) is 23.3 Å². The minimum absolute atomic E-state index is 0.0757. The molecule has 5 aromatic rings. The van der Waals surface area contributed by atoms with Gasteiger partial charge in [-0.15, -0.1) is 5.06 Å². The Bertz CT molecular complexity index is 1850. The van der Waals surface area contributed by atoms with Crippen LogP contribution in [0.1, 0.15) is 52.7 Å². The molecule has 0 fully saturated rings. The average Bonchev–Trinajstić information content (AvgIpc) is 3.46. The van der Waals surface area contributed by atoms with Gasteiger partial charge in [-0.05, 0) is 70.9 Å². The monoisotopic (exact) mass is 649 g/mol.